The lowest BCUT2D eigenvalue weighted by Gasteiger charge is -2.14. The SMILES string of the molecule is CCCc1sc2nc(SCC(=O)Nc3cccc(Cl)c3Cl)n(-c3ccc(C)c(C)c3)c(=O)c2c1C. The van der Waals surface area contributed by atoms with Crippen LogP contribution in [0.2, 0.25) is 10.0 Å². The highest BCUT2D eigenvalue weighted by Gasteiger charge is 2.20. The topological polar surface area (TPSA) is 64.0 Å². The van der Waals surface area contributed by atoms with Crippen molar-refractivity contribution in [2.45, 2.75) is 45.7 Å². The van der Waals surface area contributed by atoms with Gasteiger partial charge in [0, 0.05) is 4.88 Å². The molecule has 0 saturated heterocycles. The second kappa shape index (κ2) is 10.7. The first-order valence-electron chi connectivity index (χ1n) is 11.2. The maximum Gasteiger partial charge on any atom is 0.267 e. The number of hydrogen-bond donors (Lipinski definition) is 1. The molecule has 4 rings (SSSR count). The maximum absolute atomic E-state index is 13.8. The predicted molar refractivity (Wildman–Crippen MR) is 149 cm³/mol. The predicted octanol–water partition coefficient (Wildman–Crippen LogP) is 7.36. The Morgan fingerprint density at radius 3 is 2.63 bits per heavy atom. The third kappa shape index (κ3) is 5.28. The van der Waals surface area contributed by atoms with Gasteiger partial charge in [0.25, 0.3) is 5.56 Å². The average Bonchev–Trinajstić information content (AvgIpc) is 3.13. The molecule has 0 spiro atoms. The van der Waals surface area contributed by atoms with Crippen LogP contribution in [0.1, 0.15) is 34.9 Å². The number of nitrogens with zero attached hydrogens (tertiary/aromatic N) is 2. The van der Waals surface area contributed by atoms with Crippen LogP contribution in [-0.2, 0) is 11.2 Å². The number of halogens is 2. The normalized spacial score (nSPS) is 11.3. The molecule has 0 aliphatic carbocycles. The molecule has 0 radical (unpaired) electrons. The summed E-state index contributed by atoms with van der Waals surface area (Å²) in [6.07, 6.45) is 1.90. The summed E-state index contributed by atoms with van der Waals surface area (Å²) < 4.78 is 1.62. The van der Waals surface area contributed by atoms with Crippen LogP contribution < -0.4 is 10.9 Å². The van der Waals surface area contributed by atoms with Gasteiger partial charge >= 0.3 is 0 Å². The molecule has 0 atom stereocenters. The number of hydrogen-bond acceptors (Lipinski definition) is 5. The Labute approximate surface area is 222 Å². The third-order valence-electron chi connectivity index (χ3n) is 5.82. The number of benzene rings is 2. The molecule has 0 unspecified atom stereocenters. The monoisotopic (exact) mass is 545 g/mol. The van der Waals surface area contributed by atoms with E-state index in [-0.39, 0.29) is 22.2 Å². The van der Waals surface area contributed by atoms with Crippen molar-refractivity contribution in [2.24, 2.45) is 0 Å². The number of nitrogens with one attached hydrogen (secondary N) is 1. The van der Waals surface area contributed by atoms with E-state index in [9.17, 15) is 9.59 Å². The van der Waals surface area contributed by atoms with Crippen molar-refractivity contribution in [2.75, 3.05) is 11.1 Å². The number of rotatable bonds is 7. The van der Waals surface area contributed by atoms with Gasteiger partial charge in [0.1, 0.15) is 4.83 Å². The van der Waals surface area contributed by atoms with E-state index < -0.39 is 0 Å². The lowest BCUT2D eigenvalue weighted by Crippen LogP contribution is -2.23. The minimum Gasteiger partial charge on any atom is -0.324 e. The highest BCUT2D eigenvalue weighted by atomic mass is 35.5. The molecule has 2 aromatic heterocycles. The largest absolute Gasteiger partial charge is 0.324 e. The average molecular weight is 547 g/mol. The summed E-state index contributed by atoms with van der Waals surface area (Å²) in [6.45, 7) is 8.16. The van der Waals surface area contributed by atoms with Gasteiger partial charge in [-0.3, -0.25) is 14.2 Å². The van der Waals surface area contributed by atoms with E-state index in [0.717, 1.165) is 35.2 Å². The molecule has 182 valence electrons. The van der Waals surface area contributed by atoms with E-state index in [4.69, 9.17) is 28.2 Å². The Bertz CT molecular complexity index is 1490. The van der Waals surface area contributed by atoms with Crippen molar-refractivity contribution in [3.05, 3.63) is 78.4 Å². The Morgan fingerprint density at radius 1 is 1.14 bits per heavy atom. The molecule has 2 heterocycles. The van der Waals surface area contributed by atoms with Gasteiger partial charge in [-0.25, -0.2) is 4.98 Å². The van der Waals surface area contributed by atoms with Gasteiger partial charge in [0.2, 0.25) is 5.91 Å². The first kappa shape index (κ1) is 25.8. The highest BCUT2D eigenvalue weighted by molar-refractivity contribution is 7.99. The van der Waals surface area contributed by atoms with E-state index in [1.54, 1.807) is 34.1 Å². The molecule has 0 fully saturated rings. The number of aryl methyl sites for hydroxylation is 4. The van der Waals surface area contributed by atoms with Gasteiger partial charge in [-0.1, -0.05) is 60.4 Å². The quantitative estimate of drug-likeness (QED) is 0.194. The number of fused-ring (bicyclic) bond motifs is 1. The van der Waals surface area contributed by atoms with Crippen molar-refractivity contribution in [1.29, 1.82) is 0 Å². The van der Waals surface area contributed by atoms with Crippen LogP contribution >= 0.6 is 46.3 Å². The van der Waals surface area contributed by atoms with Crippen molar-refractivity contribution in [1.82, 2.24) is 9.55 Å². The fraction of sp³-hybridized carbons (Fsp3) is 0.269. The Hall–Kier alpha value is -2.32. The fourth-order valence-corrected chi connectivity index (χ4v) is 6.26. The zero-order valence-electron chi connectivity index (χ0n) is 19.9. The molecule has 9 heteroatoms. The molecule has 2 aromatic carbocycles. The summed E-state index contributed by atoms with van der Waals surface area (Å²) in [6, 6.07) is 11.0. The van der Waals surface area contributed by atoms with Crippen LogP contribution in [0.25, 0.3) is 15.9 Å². The number of thioether (sulfide) groups is 1. The van der Waals surface area contributed by atoms with Crippen molar-refractivity contribution >= 4 is 68.1 Å². The summed E-state index contributed by atoms with van der Waals surface area (Å²) >= 11 is 15.0. The smallest absolute Gasteiger partial charge is 0.267 e. The fourth-order valence-electron chi connectivity index (χ4n) is 3.78. The van der Waals surface area contributed by atoms with E-state index >= 15 is 0 Å². The molecular weight excluding hydrogens is 521 g/mol. The van der Waals surface area contributed by atoms with Gasteiger partial charge in [0.15, 0.2) is 5.16 Å². The zero-order chi connectivity index (χ0) is 25.3. The Morgan fingerprint density at radius 2 is 1.91 bits per heavy atom. The summed E-state index contributed by atoms with van der Waals surface area (Å²) in [5.41, 5.74) is 4.27. The van der Waals surface area contributed by atoms with Gasteiger partial charge in [-0.2, -0.15) is 0 Å². The first-order valence-corrected chi connectivity index (χ1v) is 13.8. The van der Waals surface area contributed by atoms with Gasteiger partial charge in [-0.15, -0.1) is 11.3 Å². The number of aromatic nitrogens is 2. The van der Waals surface area contributed by atoms with Gasteiger partial charge in [-0.05, 0) is 68.1 Å². The van der Waals surface area contributed by atoms with E-state index in [0.29, 0.717) is 26.1 Å². The van der Waals surface area contributed by atoms with Crippen LogP contribution in [0.3, 0.4) is 0 Å². The maximum atomic E-state index is 13.8. The van der Waals surface area contributed by atoms with Crippen LogP contribution in [0, 0.1) is 20.8 Å². The van der Waals surface area contributed by atoms with Crippen molar-refractivity contribution < 1.29 is 4.79 Å². The molecule has 1 amide bonds. The molecule has 4 aromatic rings. The number of carbonyl (C=O) groups excluding carboxylic acids is 1. The second-order valence-corrected chi connectivity index (χ2v) is 11.1. The number of carbonyl (C=O) groups is 1. The number of anilines is 1. The summed E-state index contributed by atoms with van der Waals surface area (Å²) in [4.78, 5) is 33.3. The van der Waals surface area contributed by atoms with Crippen molar-refractivity contribution in [3.63, 3.8) is 0 Å². The molecule has 0 saturated carbocycles. The van der Waals surface area contributed by atoms with Gasteiger partial charge < -0.3 is 5.32 Å². The minimum atomic E-state index is -0.269. The lowest BCUT2D eigenvalue weighted by atomic mass is 10.1. The minimum absolute atomic E-state index is 0.0534. The first-order chi connectivity index (χ1) is 16.7. The van der Waals surface area contributed by atoms with Crippen LogP contribution in [0.15, 0.2) is 46.3 Å². The van der Waals surface area contributed by atoms with Crippen LogP contribution in [-0.4, -0.2) is 21.2 Å². The molecule has 1 N–H and O–H groups in total. The molecule has 0 aliphatic heterocycles. The Balaban J connectivity index is 1.75. The molecule has 35 heavy (non-hydrogen) atoms. The van der Waals surface area contributed by atoms with Crippen molar-refractivity contribution in [3.8, 4) is 5.69 Å². The van der Waals surface area contributed by atoms with E-state index in [1.807, 2.05) is 39.0 Å². The van der Waals surface area contributed by atoms with E-state index in [2.05, 4.69) is 12.2 Å². The molecular formula is C26H25Cl2N3O2S2. The zero-order valence-corrected chi connectivity index (χ0v) is 23.0. The van der Waals surface area contributed by atoms with Crippen LogP contribution in [0.5, 0.6) is 0 Å². The molecule has 0 aliphatic rings. The summed E-state index contributed by atoms with van der Waals surface area (Å²) in [5.74, 6) is -0.216. The number of thiophene rings is 1. The lowest BCUT2D eigenvalue weighted by molar-refractivity contribution is -0.113. The third-order valence-corrected chi connectivity index (χ3v) is 8.82. The highest BCUT2D eigenvalue weighted by Crippen LogP contribution is 2.32. The molecule has 0 bridgehead atoms. The number of amides is 1. The Kier molecular flexibility index (Phi) is 7.91. The standard InChI is InChI=1S/C26H25Cl2N3O2S2/c1-5-7-20-16(4)22-24(35-20)30-26(31(25(22)33)17-11-10-14(2)15(3)12-17)34-13-21(32)29-19-9-6-8-18(27)23(19)28/h6,8-12H,5,7,13H2,1-4H3,(H,29,32). The van der Waals surface area contributed by atoms with Gasteiger partial charge in [0.05, 0.1) is 32.6 Å². The van der Waals surface area contributed by atoms with Crippen LogP contribution in [0.4, 0.5) is 5.69 Å². The molecule has 5 nitrogen and oxygen atoms in total. The summed E-state index contributed by atoms with van der Waals surface area (Å²) in [5, 5.41) is 4.57. The summed E-state index contributed by atoms with van der Waals surface area (Å²) in [7, 11) is 0. The second-order valence-electron chi connectivity index (χ2n) is 8.32. The van der Waals surface area contributed by atoms with E-state index in [1.165, 1.54) is 16.6 Å².